The number of Topliss-reactive ketones (excluding diaryl/α,β-unsaturated/α-hetero) is 1. The minimum Gasteiger partial charge on any atom is -0.493 e. The summed E-state index contributed by atoms with van der Waals surface area (Å²) in [6.07, 6.45) is 2.25. The minimum absolute atomic E-state index is 0.00797. The van der Waals surface area contributed by atoms with Crippen LogP contribution in [0.5, 0.6) is 17.2 Å². The maximum Gasteiger partial charge on any atom is 0.161 e. The van der Waals surface area contributed by atoms with Crippen molar-refractivity contribution in [2.24, 2.45) is 0 Å². The summed E-state index contributed by atoms with van der Waals surface area (Å²) >= 11 is 0. The lowest BCUT2D eigenvalue weighted by molar-refractivity contribution is -0.116. The zero-order valence-electron chi connectivity index (χ0n) is 18.4. The summed E-state index contributed by atoms with van der Waals surface area (Å²) in [5.74, 6) is 2.60. The van der Waals surface area contributed by atoms with Crippen LogP contribution >= 0.6 is 0 Å². The molecule has 0 spiro atoms. The van der Waals surface area contributed by atoms with Crippen LogP contribution in [-0.4, -0.2) is 56.8 Å². The normalized spacial score (nSPS) is 18.3. The van der Waals surface area contributed by atoms with E-state index in [1.165, 1.54) is 11.1 Å². The van der Waals surface area contributed by atoms with Crippen molar-refractivity contribution < 1.29 is 23.7 Å². The van der Waals surface area contributed by atoms with E-state index in [4.69, 9.17) is 18.9 Å². The Kier molecular flexibility index (Phi) is 7.10. The molecule has 0 saturated carbocycles. The summed E-state index contributed by atoms with van der Waals surface area (Å²) in [5, 5.41) is 0. The van der Waals surface area contributed by atoms with Gasteiger partial charge in [-0.3, -0.25) is 4.90 Å². The van der Waals surface area contributed by atoms with Crippen LogP contribution in [0.25, 0.3) is 0 Å². The average Bonchev–Trinajstić information content (AvgIpc) is 3.24. The number of rotatable bonds is 9. The number of ether oxygens (including phenoxy) is 4. The summed E-state index contributed by atoms with van der Waals surface area (Å²) in [4.78, 5) is 13.6. The molecule has 2 aromatic rings. The number of carbonyl (C=O) groups excluding carboxylic acids is 1. The average molecular weight is 426 g/mol. The van der Waals surface area contributed by atoms with Gasteiger partial charge in [0.25, 0.3) is 0 Å². The molecule has 166 valence electrons. The van der Waals surface area contributed by atoms with Gasteiger partial charge in [-0.2, -0.15) is 0 Å². The number of hydrogen-bond donors (Lipinski definition) is 0. The highest BCUT2D eigenvalue weighted by atomic mass is 16.5. The zero-order valence-corrected chi connectivity index (χ0v) is 18.4. The van der Waals surface area contributed by atoms with Crippen LogP contribution in [0.3, 0.4) is 0 Å². The number of fused-ring (bicyclic) bond motifs is 1. The van der Waals surface area contributed by atoms with Crippen LogP contribution < -0.4 is 14.2 Å². The Hall–Kier alpha value is -2.57. The quantitative estimate of drug-likeness (QED) is 0.614. The number of methoxy groups -OCH3 is 1. The van der Waals surface area contributed by atoms with Crippen LogP contribution in [-0.2, 0) is 28.9 Å². The largest absolute Gasteiger partial charge is 0.493 e. The smallest absolute Gasteiger partial charge is 0.161 e. The molecule has 0 aromatic heterocycles. The molecule has 2 heterocycles. The second-order valence-electron chi connectivity index (χ2n) is 8.27. The van der Waals surface area contributed by atoms with E-state index in [0.29, 0.717) is 37.6 Å². The Bertz CT molecular complexity index is 913. The van der Waals surface area contributed by atoms with Crippen LogP contribution in [0.2, 0.25) is 0 Å². The molecule has 0 amide bonds. The second-order valence-corrected chi connectivity index (χ2v) is 8.27. The Morgan fingerprint density at radius 3 is 2.84 bits per heavy atom. The van der Waals surface area contributed by atoms with Gasteiger partial charge in [-0.25, -0.2) is 0 Å². The molecule has 6 heteroatoms. The fourth-order valence-electron chi connectivity index (χ4n) is 4.11. The number of hydrogen-bond acceptors (Lipinski definition) is 6. The fraction of sp³-hybridized carbons (Fsp3) is 0.480. The Morgan fingerprint density at radius 2 is 2.00 bits per heavy atom. The van der Waals surface area contributed by atoms with E-state index in [2.05, 4.69) is 23.1 Å². The van der Waals surface area contributed by atoms with Crippen molar-refractivity contribution in [1.82, 2.24) is 4.90 Å². The van der Waals surface area contributed by atoms with Crippen molar-refractivity contribution in [3.05, 3.63) is 53.1 Å². The van der Waals surface area contributed by atoms with Gasteiger partial charge in [-0.15, -0.1) is 0 Å². The first-order chi connectivity index (χ1) is 15.1. The van der Waals surface area contributed by atoms with Crippen molar-refractivity contribution in [3.63, 3.8) is 0 Å². The number of carbonyl (C=O) groups is 1. The predicted octanol–water partition coefficient (Wildman–Crippen LogP) is 3.43. The molecule has 2 aliphatic rings. The molecule has 0 aliphatic carbocycles. The van der Waals surface area contributed by atoms with E-state index in [-0.39, 0.29) is 11.9 Å². The molecule has 1 unspecified atom stereocenters. The lowest BCUT2D eigenvalue weighted by atomic mass is 10.1. The molecule has 1 saturated heterocycles. The minimum atomic E-state index is 0.00797. The summed E-state index contributed by atoms with van der Waals surface area (Å²) in [5.41, 5.74) is 3.69. The van der Waals surface area contributed by atoms with E-state index in [9.17, 15) is 4.79 Å². The highest BCUT2D eigenvalue weighted by Gasteiger charge is 2.22. The zero-order chi connectivity index (χ0) is 21.6. The monoisotopic (exact) mass is 425 g/mol. The third kappa shape index (κ3) is 5.77. The lowest BCUT2D eigenvalue weighted by Crippen LogP contribution is -2.44. The van der Waals surface area contributed by atoms with E-state index >= 15 is 0 Å². The molecular weight excluding hydrogens is 394 g/mol. The highest BCUT2D eigenvalue weighted by Crippen LogP contribution is 2.29. The van der Waals surface area contributed by atoms with E-state index < -0.39 is 0 Å². The SMILES string of the molecule is COc1cc(CCC(C)=O)ccc1OCC1CN(Cc2ccc3c(c2)CCO3)CCO1. The summed E-state index contributed by atoms with van der Waals surface area (Å²) in [6, 6.07) is 12.4. The second kappa shape index (κ2) is 10.2. The first-order valence-electron chi connectivity index (χ1n) is 11.0. The third-order valence-electron chi connectivity index (χ3n) is 5.80. The molecule has 1 fully saturated rings. The van der Waals surface area contributed by atoms with E-state index in [1.54, 1.807) is 14.0 Å². The summed E-state index contributed by atoms with van der Waals surface area (Å²) in [6.45, 7) is 6.21. The first kappa shape index (κ1) is 21.7. The van der Waals surface area contributed by atoms with Gasteiger partial charge in [0.15, 0.2) is 11.5 Å². The van der Waals surface area contributed by atoms with Crippen molar-refractivity contribution in [2.75, 3.05) is 40.0 Å². The van der Waals surface area contributed by atoms with Gasteiger partial charge in [0.2, 0.25) is 0 Å². The van der Waals surface area contributed by atoms with Crippen molar-refractivity contribution in [3.8, 4) is 17.2 Å². The number of ketones is 1. The maximum absolute atomic E-state index is 11.2. The highest BCUT2D eigenvalue weighted by molar-refractivity contribution is 5.75. The van der Waals surface area contributed by atoms with Gasteiger partial charge >= 0.3 is 0 Å². The molecule has 0 N–H and O–H groups in total. The number of aryl methyl sites for hydroxylation is 1. The molecule has 4 rings (SSSR count). The van der Waals surface area contributed by atoms with E-state index in [0.717, 1.165) is 44.0 Å². The third-order valence-corrected chi connectivity index (χ3v) is 5.80. The van der Waals surface area contributed by atoms with Crippen LogP contribution in [0.15, 0.2) is 36.4 Å². The molecule has 1 atom stereocenters. The van der Waals surface area contributed by atoms with Crippen LogP contribution in [0.4, 0.5) is 0 Å². The molecule has 0 radical (unpaired) electrons. The Morgan fingerprint density at radius 1 is 1.13 bits per heavy atom. The molecule has 6 nitrogen and oxygen atoms in total. The standard InChI is InChI=1S/C25H31NO5/c1-18(27)3-4-19-5-8-24(25(14-19)28-2)31-17-22-16-26(10-12-29-22)15-20-6-7-23-21(13-20)9-11-30-23/h5-8,13-14,22H,3-4,9-12,15-17H2,1-2H3. The van der Waals surface area contributed by atoms with Crippen LogP contribution in [0, 0.1) is 0 Å². The molecular formula is C25H31NO5. The van der Waals surface area contributed by atoms with E-state index in [1.807, 2.05) is 18.2 Å². The van der Waals surface area contributed by atoms with Gasteiger partial charge in [-0.05, 0) is 48.2 Å². The predicted molar refractivity (Wildman–Crippen MR) is 118 cm³/mol. The van der Waals surface area contributed by atoms with Crippen molar-refractivity contribution >= 4 is 5.78 Å². The Labute approximate surface area is 184 Å². The Balaban J connectivity index is 1.31. The van der Waals surface area contributed by atoms with Gasteiger partial charge < -0.3 is 23.7 Å². The lowest BCUT2D eigenvalue weighted by Gasteiger charge is -2.33. The number of nitrogens with zero attached hydrogens (tertiary/aromatic N) is 1. The maximum atomic E-state index is 11.2. The van der Waals surface area contributed by atoms with Gasteiger partial charge in [0.05, 0.1) is 20.3 Å². The van der Waals surface area contributed by atoms with Gasteiger partial charge in [-0.1, -0.05) is 18.2 Å². The van der Waals surface area contributed by atoms with Gasteiger partial charge in [0, 0.05) is 32.5 Å². The van der Waals surface area contributed by atoms with Crippen LogP contribution in [0.1, 0.15) is 30.0 Å². The topological polar surface area (TPSA) is 57.2 Å². The fourth-order valence-corrected chi connectivity index (χ4v) is 4.11. The number of benzene rings is 2. The molecule has 2 aromatic carbocycles. The molecule has 2 aliphatic heterocycles. The molecule has 0 bridgehead atoms. The summed E-state index contributed by atoms with van der Waals surface area (Å²) in [7, 11) is 1.64. The van der Waals surface area contributed by atoms with Gasteiger partial charge in [0.1, 0.15) is 24.2 Å². The number of morpholine rings is 1. The first-order valence-corrected chi connectivity index (χ1v) is 11.0. The summed E-state index contributed by atoms with van der Waals surface area (Å²) < 4.78 is 23.1. The molecule has 31 heavy (non-hydrogen) atoms. The van der Waals surface area contributed by atoms with Crippen molar-refractivity contribution in [1.29, 1.82) is 0 Å². The van der Waals surface area contributed by atoms with Crippen molar-refractivity contribution in [2.45, 2.75) is 38.8 Å².